The van der Waals surface area contributed by atoms with Crippen LogP contribution in [0, 0.1) is 0 Å². The predicted molar refractivity (Wildman–Crippen MR) is 90.3 cm³/mol. The first-order chi connectivity index (χ1) is 9.99. The molecule has 0 aromatic carbocycles. The van der Waals surface area contributed by atoms with E-state index in [4.69, 9.17) is 5.10 Å². The summed E-state index contributed by atoms with van der Waals surface area (Å²) in [7, 11) is 4.20. The number of aromatic nitrogens is 2. The first kappa shape index (κ1) is 15.9. The average molecular weight is 287 g/mol. The molecule has 1 aromatic rings. The van der Waals surface area contributed by atoms with Gasteiger partial charge in [-0.2, -0.15) is 5.10 Å². The molecule has 0 unspecified atom stereocenters. The summed E-state index contributed by atoms with van der Waals surface area (Å²) in [4.78, 5) is 2.16. The molecular formula is C18H29N3. The van der Waals surface area contributed by atoms with Crippen LogP contribution in [0.4, 0.5) is 0 Å². The van der Waals surface area contributed by atoms with E-state index in [1.165, 1.54) is 28.1 Å². The van der Waals surface area contributed by atoms with E-state index in [1.807, 2.05) is 0 Å². The molecule has 1 aromatic heterocycles. The maximum Gasteiger partial charge on any atom is 0.0709 e. The Morgan fingerprint density at radius 2 is 1.95 bits per heavy atom. The van der Waals surface area contributed by atoms with Gasteiger partial charge in [0.15, 0.2) is 0 Å². The van der Waals surface area contributed by atoms with Crippen molar-refractivity contribution in [3.63, 3.8) is 0 Å². The van der Waals surface area contributed by atoms with Gasteiger partial charge in [0.25, 0.3) is 0 Å². The van der Waals surface area contributed by atoms with E-state index in [9.17, 15) is 0 Å². The van der Waals surface area contributed by atoms with E-state index >= 15 is 0 Å². The van der Waals surface area contributed by atoms with Crippen LogP contribution in [0.2, 0.25) is 0 Å². The molecule has 0 saturated heterocycles. The number of rotatable bonds is 4. The molecule has 0 N–H and O–H groups in total. The number of hydrogen-bond acceptors (Lipinski definition) is 2. The van der Waals surface area contributed by atoms with E-state index in [1.54, 1.807) is 0 Å². The van der Waals surface area contributed by atoms with Gasteiger partial charge >= 0.3 is 0 Å². The summed E-state index contributed by atoms with van der Waals surface area (Å²) in [6.45, 7) is 9.90. The molecule has 0 radical (unpaired) electrons. The van der Waals surface area contributed by atoms with Crippen molar-refractivity contribution in [2.24, 2.45) is 0 Å². The van der Waals surface area contributed by atoms with Crippen LogP contribution in [0.3, 0.4) is 0 Å². The Hall–Kier alpha value is -1.51. The molecule has 21 heavy (non-hydrogen) atoms. The topological polar surface area (TPSA) is 21.1 Å². The van der Waals surface area contributed by atoms with Gasteiger partial charge in [-0.3, -0.25) is 4.68 Å². The minimum absolute atomic E-state index is 0.500. The molecule has 0 fully saturated rings. The molecule has 2 rings (SSSR count). The average Bonchev–Trinajstić information content (AvgIpc) is 2.80. The second kappa shape index (κ2) is 6.50. The predicted octanol–water partition coefficient (Wildman–Crippen LogP) is 4.21. The molecule has 1 heterocycles. The van der Waals surface area contributed by atoms with Crippen LogP contribution in [0.25, 0.3) is 5.57 Å². The highest BCUT2D eigenvalue weighted by molar-refractivity contribution is 5.83. The number of aryl methyl sites for hydroxylation is 2. The fraction of sp³-hybridized carbons (Fsp3) is 0.611. The highest BCUT2D eigenvalue weighted by atomic mass is 15.3. The maximum absolute atomic E-state index is 4.87. The third-order valence-electron chi connectivity index (χ3n) is 3.98. The van der Waals surface area contributed by atoms with E-state index in [0.29, 0.717) is 5.92 Å². The van der Waals surface area contributed by atoms with Gasteiger partial charge in [0.1, 0.15) is 0 Å². The Morgan fingerprint density at radius 3 is 2.48 bits per heavy atom. The summed E-state index contributed by atoms with van der Waals surface area (Å²) in [5.41, 5.74) is 6.96. The lowest BCUT2D eigenvalue weighted by Crippen LogP contribution is -2.11. The van der Waals surface area contributed by atoms with Crippen molar-refractivity contribution < 1.29 is 0 Å². The van der Waals surface area contributed by atoms with Gasteiger partial charge in [-0.1, -0.05) is 26.8 Å². The minimum atomic E-state index is 0.500. The molecule has 0 atom stereocenters. The molecular weight excluding hydrogens is 258 g/mol. The fourth-order valence-corrected chi connectivity index (χ4v) is 3.25. The van der Waals surface area contributed by atoms with E-state index in [-0.39, 0.29) is 0 Å². The third kappa shape index (κ3) is 3.07. The molecule has 116 valence electrons. The highest BCUT2D eigenvalue weighted by Gasteiger charge is 2.27. The Balaban J connectivity index is 2.64. The summed E-state index contributed by atoms with van der Waals surface area (Å²) in [5.74, 6) is 0.500. The van der Waals surface area contributed by atoms with Gasteiger partial charge in [0, 0.05) is 38.1 Å². The lowest BCUT2D eigenvalue weighted by molar-refractivity contribution is 0.556. The van der Waals surface area contributed by atoms with Crippen LogP contribution >= 0.6 is 0 Å². The van der Waals surface area contributed by atoms with E-state index in [2.05, 4.69) is 63.6 Å². The molecule has 0 spiro atoms. The summed E-state index contributed by atoms with van der Waals surface area (Å²) in [6, 6.07) is 0. The van der Waals surface area contributed by atoms with Gasteiger partial charge in [-0.15, -0.1) is 0 Å². The lowest BCUT2D eigenvalue weighted by Gasteiger charge is -2.22. The van der Waals surface area contributed by atoms with Crippen molar-refractivity contribution in [3.05, 3.63) is 34.8 Å². The third-order valence-corrected chi connectivity index (χ3v) is 3.98. The van der Waals surface area contributed by atoms with Gasteiger partial charge in [0.05, 0.1) is 5.69 Å². The summed E-state index contributed by atoms with van der Waals surface area (Å²) < 4.78 is 2.21. The zero-order valence-corrected chi connectivity index (χ0v) is 14.4. The monoisotopic (exact) mass is 287 g/mol. The first-order valence-electron chi connectivity index (χ1n) is 8.17. The molecule has 0 bridgehead atoms. The molecule has 3 nitrogen and oxygen atoms in total. The zero-order chi connectivity index (χ0) is 15.6. The Bertz CT molecular complexity index is 559. The Morgan fingerprint density at radius 1 is 1.24 bits per heavy atom. The molecule has 0 amide bonds. The van der Waals surface area contributed by atoms with Crippen LogP contribution in [-0.2, 0) is 13.0 Å². The molecule has 1 aliphatic carbocycles. The lowest BCUT2D eigenvalue weighted by atomic mass is 9.84. The number of fused-ring (bicyclic) bond motifs is 1. The number of nitrogens with zero attached hydrogens (tertiary/aromatic N) is 3. The summed E-state index contributed by atoms with van der Waals surface area (Å²) in [5, 5.41) is 4.87. The summed E-state index contributed by atoms with van der Waals surface area (Å²) in [6.07, 6.45) is 7.87. The van der Waals surface area contributed by atoms with Crippen molar-refractivity contribution in [1.29, 1.82) is 0 Å². The van der Waals surface area contributed by atoms with Crippen LogP contribution < -0.4 is 0 Å². The molecule has 0 saturated carbocycles. The number of hydrogen-bond donors (Lipinski definition) is 0. The van der Waals surface area contributed by atoms with Gasteiger partial charge in [0.2, 0.25) is 0 Å². The van der Waals surface area contributed by atoms with Gasteiger partial charge in [-0.05, 0) is 43.3 Å². The van der Waals surface area contributed by atoms with Crippen LogP contribution in [0.5, 0.6) is 0 Å². The minimum Gasteiger partial charge on any atom is -0.383 e. The maximum atomic E-state index is 4.87. The summed E-state index contributed by atoms with van der Waals surface area (Å²) >= 11 is 0. The Kier molecular flexibility index (Phi) is 4.92. The van der Waals surface area contributed by atoms with Crippen LogP contribution in [0.1, 0.15) is 63.4 Å². The van der Waals surface area contributed by atoms with Crippen molar-refractivity contribution in [1.82, 2.24) is 14.7 Å². The van der Waals surface area contributed by atoms with Gasteiger partial charge < -0.3 is 4.90 Å². The molecule has 1 aliphatic rings. The molecule has 3 heteroatoms. The van der Waals surface area contributed by atoms with Crippen LogP contribution in [-0.4, -0.2) is 28.8 Å². The highest BCUT2D eigenvalue weighted by Crippen LogP contribution is 2.39. The fourth-order valence-electron chi connectivity index (χ4n) is 3.25. The van der Waals surface area contributed by atoms with Gasteiger partial charge in [-0.25, -0.2) is 0 Å². The van der Waals surface area contributed by atoms with Crippen molar-refractivity contribution in [2.45, 2.75) is 59.4 Å². The second-order valence-corrected chi connectivity index (χ2v) is 6.32. The van der Waals surface area contributed by atoms with Crippen molar-refractivity contribution >= 4 is 5.57 Å². The smallest absolute Gasteiger partial charge is 0.0709 e. The SMILES string of the molecule is CCC=C1/C(=C\N(C)C)CCc2nn(CC)c(C(C)C)c21. The largest absolute Gasteiger partial charge is 0.383 e. The zero-order valence-electron chi connectivity index (χ0n) is 14.4. The normalized spacial score (nSPS) is 18.6. The van der Waals surface area contributed by atoms with Crippen LogP contribution in [0.15, 0.2) is 17.8 Å². The standard InChI is InChI=1S/C18H29N3/c1-7-9-15-14(12-20(5)6)10-11-16-17(15)18(13(3)4)21(8-2)19-16/h9,12-13H,7-8,10-11H2,1-6H3/b14-12-,15-9?. The first-order valence-corrected chi connectivity index (χ1v) is 8.17. The number of allylic oxidation sites excluding steroid dienone is 3. The van der Waals surface area contributed by atoms with E-state index < -0.39 is 0 Å². The van der Waals surface area contributed by atoms with Crippen molar-refractivity contribution in [2.75, 3.05) is 14.1 Å². The second-order valence-electron chi connectivity index (χ2n) is 6.32. The van der Waals surface area contributed by atoms with Crippen molar-refractivity contribution in [3.8, 4) is 0 Å². The molecule has 0 aliphatic heterocycles. The van der Waals surface area contributed by atoms with E-state index in [0.717, 1.165) is 25.8 Å². The quantitative estimate of drug-likeness (QED) is 0.827. The Labute approximate surface area is 129 Å².